The van der Waals surface area contributed by atoms with Gasteiger partial charge < -0.3 is 20.8 Å². The molecule has 2 amide bonds. The van der Waals surface area contributed by atoms with E-state index in [-0.39, 0.29) is 52.4 Å². The number of aliphatic hydroxyl groups excluding tert-OH is 1. The van der Waals surface area contributed by atoms with Crippen molar-refractivity contribution in [1.82, 2.24) is 5.32 Å². The summed E-state index contributed by atoms with van der Waals surface area (Å²) in [7, 11) is -4.06. The third-order valence-electron chi connectivity index (χ3n) is 8.18. The van der Waals surface area contributed by atoms with Crippen LogP contribution in [0.5, 0.6) is 0 Å². The summed E-state index contributed by atoms with van der Waals surface area (Å²) < 4.78 is 67.3. The minimum Gasteiger partial charge on any atom is -0.393 e. The second-order valence-corrected chi connectivity index (χ2v) is 13.3. The van der Waals surface area contributed by atoms with Crippen molar-refractivity contribution in [2.75, 3.05) is 5.32 Å². The molecule has 0 aromatic heterocycles. The number of nitrogens with one attached hydrogen (secondary N) is 2. The molecule has 4 N–H and O–H groups in total. The zero-order valence-electron chi connectivity index (χ0n) is 20.5. The molecule has 4 aliphatic rings. The van der Waals surface area contributed by atoms with Gasteiger partial charge in [-0.3, -0.25) is 9.59 Å². The number of carbonyl (C=O) groups excluding carboxylic acids is 2. The van der Waals surface area contributed by atoms with Crippen LogP contribution in [0, 0.1) is 29.3 Å². The highest BCUT2D eigenvalue weighted by Gasteiger charge is 2.60. The summed E-state index contributed by atoms with van der Waals surface area (Å²) in [6, 6.07) is 4.58. The summed E-state index contributed by atoms with van der Waals surface area (Å²) in [5, 5.41) is 24.5. The summed E-state index contributed by atoms with van der Waals surface area (Å²) in [4.78, 5) is 24.8. The molecule has 0 aliphatic heterocycles. The van der Waals surface area contributed by atoms with Gasteiger partial charge in [-0.25, -0.2) is 21.6 Å². The summed E-state index contributed by atoms with van der Waals surface area (Å²) in [6.45, 7) is 0. The fraction of sp³-hybridized carbons (Fsp3) is 0.462. The number of rotatable bonds is 7. The molecule has 2 unspecified atom stereocenters. The molecule has 2 aromatic carbocycles. The number of amides is 2. The Labute approximate surface area is 227 Å². The Morgan fingerprint density at radius 2 is 1.62 bits per heavy atom. The molecule has 0 radical (unpaired) electrons. The lowest BCUT2D eigenvalue weighted by molar-refractivity contribution is -0.184. The van der Waals surface area contributed by atoms with E-state index in [0.717, 1.165) is 6.07 Å². The zero-order valence-corrected chi connectivity index (χ0v) is 22.0. The molecule has 4 aliphatic carbocycles. The second kappa shape index (κ2) is 10.1. The molecule has 2 aromatic rings. The van der Waals surface area contributed by atoms with Crippen molar-refractivity contribution in [3.63, 3.8) is 0 Å². The number of benzene rings is 2. The first-order valence-corrected chi connectivity index (χ1v) is 14.4. The van der Waals surface area contributed by atoms with Crippen molar-refractivity contribution in [1.29, 1.82) is 0 Å². The number of halogens is 4. The average Bonchev–Trinajstić information content (AvgIpc) is 2.86. The molecule has 0 saturated heterocycles. The Kier molecular flexibility index (Phi) is 7.19. The van der Waals surface area contributed by atoms with Gasteiger partial charge in [-0.1, -0.05) is 11.6 Å². The van der Waals surface area contributed by atoms with Crippen molar-refractivity contribution in [3.05, 3.63) is 58.4 Å². The van der Waals surface area contributed by atoms with Gasteiger partial charge in [-0.15, -0.1) is 0 Å². The minimum atomic E-state index is -4.06. The number of carbonyl (C=O) groups is 2. The van der Waals surface area contributed by atoms with Crippen LogP contribution in [0.2, 0.25) is 5.02 Å². The van der Waals surface area contributed by atoms with Crippen LogP contribution in [0.25, 0.3) is 0 Å². The van der Waals surface area contributed by atoms with Crippen LogP contribution in [0.3, 0.4) is 0 Å². The lowest BCUT2D eigenvalue weighted by Gasteiger charge is -2.58. The molecule has 4 saturated carbocycles. The van der Waals surface area contributed by atoms with Crippen molar-refractivity contribution < 1.29 is 41.4 Å². The standard InChI is InChI=1S/C26H26ClF3N2O6S/c27-19-2-1-12(25(35)32-16-9-20(28)24(30)21(29)10-16)3-22(19)39(37,38)18-5-13-4-14(6-18)26(13,36)11-23(34)31-15-7-17(33)8-15/h1-3,9-10,13-15,17-18,33,36H,4-8,11H2,(H,31,34)(H,32,35). The summed E-state index contributed by atoms with van der Waals surface area (Å²) in [5.74, 6) is -6.75. The van der Waals surface area contributed by atoms with E-state index in [9.17, 15) is 41.4 Å². The van der Waals surface area contributed by atoms with Crippen molar-refractivity contribution in [2.45, 2.75) is 66.4 Å². The summed E-state index contributed by atoms with van der Waals surface area (Å²) >= 11 is 6.20. The van der Waals surface area contributed by atoms with E-state index in [2.05, 4.69) is 10.6 Å². The van der Waals surface area contributed by atoms with Crippen LogP contribution >= 0.6 is 11.6 Å². The second-order valence-electron chi connectivity index (χ2n) is 10.7. The van der Waals surface area contributed by atoms with Crippen LogP contribution in [-0.2, 0) is 14.6 Å². The van der Waals surface area contributed by atoms with E-state index in [1.54, 1.807) is 0 Å². The Morgan fingerprint density at radius 3 is 2.21 bits per heavy atom. The number of sulfone groups is 1. The van der Waals surface area contributed by atoms with E-state index in [0.29, 0.717) is 31.4 Å². The first-order chi connectivity index (χ1) is 18.3. The third-order valence-corrected chi connectivity index (χ3v) is 10.8. The molecule has 2 atom stereocenters. The summed E-state index contributed by atoms with van der Waals surface area (Å²) in [6.07, 6.45) is 1.14. The van der Waals surface area contributed by atoms with Gasteiger partial charge in [0.2, 0.25) is 5.91 Å². The Bertz CT molecular complexity index is 1410. The number of aliphatic hydroxyl groups is 2. The monoisotopic (exact) mass is 586 g/mol. The van der Waals surface area contributed by atoms with Crippen LogP contribution in [-0.4, -0.2) is 53.4 Å². The molecule has 6 rings (SSSR count). The minimum absolute atomic E-state index is 0.103. The number of anilines is 1. The lowest BCUT2D eigenvalue weighted by atomic mass is 9.52. The van der Waals surface area contributed by atoms with Crippen LogP contribution in [0.1, 0.15) is 48.9 Å². The number of fused-ring (bicyclic) bond motifs is 2. The molecular weight excluding hydrogens is 561 g/mol. The SMILES string of the molecule is O=C(CC1(O)C2CC1CC(S(=O)(=O)c1cc(C(=O)Nc3cc(F)c(F)c(F)c3)ccc1Cl)C2)NC1CC(O)C1. The quantitative estimate of drug-likeness (QED) is 0.368. The maximum atomic E-state index is 13.5. The van der Waals surface area contributed by atoms with Gasteiger partial charge >= 0.3 is 0 Å². The van der Waals surface area contributed by atoms with E-state index < -0.39 is 62.0 Å². The molecule has 13 heteroatoms. The maximum absolute atomic E-state index is 13.5. The third kappa shape index (κ3) is 5.15. The van der Waals surface area contributed by atoms with Crippen molar-refractivity contribution in [2.24, 2.45) is 11.8 Å². The van der Waals surface area contributed by atoms with E-state index in [1.807, 2.05) is 0 Å². The van der Waals surface area contributed by atoms with Gasteiger partial charge in [-0.05, 0) is 62.1 Å². The molecule has 210 valence electrons. The first kappa shape index (κ1) is 27.9. The number of hydrogen-bond acceptors (Lipinski definition) is 6. The molecule has 0 spiro atoms. The Hall–Kier alpha value is -2.67. The highest BCUT2D eigenvalue weighted by molar-refractivity contribution is 7.92. The fourth-order valence-electron chi connectivity index (χ4n) is 5.91. The molecule has 8 nitrogen and oxygen atoms in total. The summed E-state index contributed by atoms with van der Waals surface area (Å²) in [5.41, 5.74) is -1.83. The largest absolute Gasteiger partial charge is 0.393 e. The van der Waals surface area contributed by atoms with Crippen molar-refractivity contribution in [3.8, 4) is 0 Å². The van der Waals surface area contributed by atoms with E-state index >= 15 is 0 Å². The molecule has 4 fully saturated rings. The fourth-order valence-corrected chi connectivity index (χ4v) is 8.31. The average molecular weight is 587 g/mol. The van der Waals surface area contributed by atoms with E-state index in [1.165, 1.54) is 12.1 Å². The highest BCUT2D eigenvalue weighted by Crippen LogP contribution is 2.57. The van der Waals surface area contributed by atoms with Gasteiger partial charge in [0.25, 0.3) is 5.91 Å². The predicted octanol–water partition coefficient (Wildman–Crippen LogP) is 3.34. The zero-order chi connectivity index (χ0) is 28.3. The van der Waals surface area contributed by atoms with Gasteiger partial charge in [0, 0.05) is 29.4 Å². The molecule has 2 bridgehead atoms. The van der Waals surface area contributed by atoms with Gasteiger partial charge in [0.15, 0.2) is 27.3 Å². The van der Waals surface area contributed by atoms with Gasteiger partial charge in [0.05, 0.1) is 33.3 Å². The highest BCUT2D eigenvalue weighted by atomic mass is 35.5. The first-order valence-electron chi connectivity index (χ1n) is 12.5. The maximum Gasteiger partial charge on any atom is 0.255 e. The topological polar surface area (TPSA) is 133 Å². The van der Waals surface area contributed by atoms with Crippen LogP contribution < -0.4 is 10.6 Å². The predicted molar refractivity (Wildman–Crippen MR) is 134 cm³/mol. The smallest absolute Gasteiger partial charge is 0.255 e. The van der Waals surface area contributed by atoms with Crippen LogP contribution in [0.4, 0.5) is 18.9 Å². The Balaban J connectivity index is 1.28. The van der Waals surface area contributed by atoms with Gasteiger partial charge in [0.1, 0.15) is 0 Å². The molecule has 39 heavy (non-hydrogen) atoms. The van der Waals surface area contributed by atoms with E-state index in [4.69, 9.17) is 11.6 Å². The lowest BCUT2D eigenvalue weighted by Crippen LogP contribution is -2.63. The van der Waals surface area contributed by atoms with Gasteiger partial charge in [-0.2, -0.15) is 0 Å². The number of hydrogen-bond donors (Lipinski definition) is 4. The van der Waals surface area contributed by atoms with Crippen LogP contribution in [0.15, 0.2) is 35.2 Å². The molecular formula is C26H26ClF3N2O6S. The normalized spacial score (nSPS) is 29.6. The Morgan fingerprint density at radius 1 is 1.00 bits per heavy atom. The van der Waals surface area contributed by atoms with Crippen molar-refractivity contribution >= 4 is 38.9 Å². The molecule has 0 heterocycles.